The number of carbonyl (C=O) groups is 2. The third-order valence-corrected chi connectivity index (χ3v) is 9.88. The second-order valence-electron chi connectivity index (χ2n) is 10.8. The minimum Gasteiger partial charge on any atom is -0.352 e. The van der Waals surface area contributed by atoms with Crippen molar-refractivity contribution in [2.24, 2.45) is 0 Å². The summed E-state index contributed by atoms with van der Waals surface area (Å²) in [6, 6.07) is 16.1. The largest absolute Gasteiger partial charge is 0.352 e. The molecule has 1 atom stereocenters. The maximum absolute atomic E-state index is 14.2. The van der Waals surface area contributed by atoms with Gasteiger partial charge in [0.05, 0.1) is 10.6 Å². The summed E-state index contributed by atoms with van der Waals surface area (Å²) in [6.45, 7) is 4.90. The smallest absolute Gasteiger partial charge is 0.264 e. The van der Waals surface area contributed by atoms with E-state index < -0.39 is 34.3 Å². The van der Waals surface area contributed by atoms with Gasteiger partial charge >= 0.3 is 0 Å². The number of amides is 2. The lowest BCUT2D eigenvalue weighted by Gasteiger charge is -2.34. The van der Waals surface area contributed by atoms with Crippen LogP contribution in [0.25, 0.3) is 0 Å². The second-order valence-corrected chi connectivity index (χ2v) is 13.1. The van der Waals surface area contributed by atoms with Gasteiger partial charge in [0.15, 0.2) is 0 Å². The van der Waals surface area contributed by atoms with Crippen LogP contribution in [0.5, 0.6) is 0 Å². The SMILES string of the molecule is CC[C@@H](C(=O)NC1CCCC1)N(Cc1ccc(F)cc1)C(=O)CN(c1ccc(C)c(Cl)c1)S(=O)(=O)c1ccc(C)cc1. The maximum Gasteiger partial charge on any atom is 0.264 e. The van der Waals surface area contributed by atoms with Crippen molar-refractivity contribution in [2.75, 3.05) is 10.8 Å². The van der Waals surface area contributed by atoms with Gasteiger partial charge in [-0.2, -0.15) is 0 Å². The summed E-state index contributed by atoms with van der Waals surface area (Å²) in [4.78, 5) is 29.1. The van der Waals surface area contributed by atoms with E-state index in [0.717, 1.165) is 41.1 Å². The van der Waals surface area contributed by atoms with Crippen LogP contribution >= 0.6 is 11.6 Å². The average molecular weight is 614 g/mol. The lowest BCUT2D eigenvalue weighted by molar-refractivity contribution is -0.140. The van der Waals surface area contributed by atoms with Gasteiger partial charge in [0.1, 0.15) is 18.4 Å². The molecule has 4 rings (SSSR count). The van der Waals surface area contributed by atoms with Crippen LogP contribution in [0, 0.1) is 19.7 Å². The van der Waals surface area contributed by atoms with E-state index in [9.17, 15) is 22.4 Å². The topological polar surface area (TPSA) is 86.8 Å². The predicted molar refractivity (Wildman–Crippen MR) is 163 cm³/mol. The molecule has 1 fully saturated rings. The van der Waals surface area contributed by atoms with Crippen molar-refractivity contribution in [1.82, 2.24) is 10.2 Å². The van der Waals surface area contributed by atoms with Crippen LogP contribution in [0.1, 0.15) is 55.7 Å². The number of carbonyl (C=O) groups excluding carboxylic acids is 2. The van der Waals surface area contributed by atoms with Crippen molar-refractivity contribution < 1.29 is 22.4 Å². The maximum atomic E-state index is 14.2. The number of anilines is 1. The predicted octanol–water partition coefficient (Wildman–Crippen LogP) is 6.16. The Hall–Kier alpha value is -3.43. The highest BCUT2D eigenvalue weighted by Gasteiger charge is 2.34. The summed E-state index contributed by atoms with van der Waals surface area (Å²) in [7, 11) is -4.20. The molecule has 3 aromatic rings. The van der Waals surface area contributed by atoms with Gasteiger partial charge in [-0.3, -0.25) is 13.9 Å². The van der Waals surface area contributed by atoms with Crippen LogP contribution in [-0.2, 0) is 26.2 Å². The molecule has 3 aromatic carbocycles. The summed E-state index contributed by atoms with van der Waals surface area (Å²) in [6.07, 6.45) is 4.14. The zero-order valence-corrected chi connectivity index (χ0v) is 25.7. The molecule has 7 nitrogen and oxygen atoms in total. The Morgan fingerprint density at radius 3 is 2.24 bits per heavy atom. The zero-order chi connectivity index (χ0) is 30.4. The molecule has 42 heavy (non-hydrogen) atoms. The Morgan fingerprint density at radius 1 is 1.00 bits per heavy atom. The van der Waals surface area contributed by atoms with Gasteiger partial charge in [-0.1, -0.05) is 67.3 Å². The first-order valence-corrected chi connectivity index (χ1v) is 16.0. The molecule has 1 saturated carbocycles. The summed E-state index contributed by atoms with van der Waals surface area (Å²) < 4.78 is 42.7. The van der Waals surface area contributed by atoms with E-state index in [4.69, 9.17) is 11.6 Å². The molecule has 0 saturated heterocycles. The highest BCUT2D eigenvalue weighted by Crippen LogP contribution is 2.29. The van der Waals surface area contributed by atoms with Crippen molar-refractivity contribution in [3.05, 3.63) is 94.3 Å². The Morgan fingerprint density at radius 2 is 1.64 bits per heavy atom. The van der Waals surface area contributed by atoms with Crippen molar-refractivity contribution >= 4 is 39.1 Å². The van der Waals surface area contributed by atoms with Crippen LogP contribution in [0.4, 0.5) is 10.1 Å². The van der Waals surface area contributed by atoms with Gasteiger partial charge in [0, 0.05) is 17.6 Å². The Bertz CT molecular complexity index is 1510. The van der Waals surface area contributed by atoms with Crippen LogP contribution in [0.3, 0.4) is 0 Å². The number of hydrogen-bond donors (Lipinski definition) is 1. The van der Waals surface area contributed by atoms with Crippen molar-refractivity contribution in [2.45, 2.75) is 76.4 Å². The lowest BCUT2D eigenvalue weighted by Crippen LogP contribution is -2.53. The average Bonchev–Trinajstić information content (AvgIpc) is 3.47. The fourth-order valence-electron chi connectivity index (χ4n) is 5.18. The van der Waals surface area contributed by atoms with Crippen molar-refractivity contribution in [1.29, 1.82) is 0 Å². The van der Waals surface area contributed by atoms with Crippen molar-refractivity contribution in [3.8, 4) is 0 Å². The van der Waals surface area contributed by atoms with Crippen LogP contribution < -0.4 is 9.62 Å². The van der Waals surface area contributed by atoms with Gasteiger partial charge in [0.25, 0.3) is 10.0 Å². The minimum atomic E-state index is -4.20. The summed E-state index contributed by atoms with van der Waals surface area (Å²) >= 11 is 6.39. The Balaban J connectivity index is 1.73. The highest BCUT2D eigenvalue weighted by molar-refractivity contribution is 7.92. The number of rotatable bonds is 11. The number of halogens is 2. The lowest BCUT2D eigenvalue weighted by atomic mass is 10.1. The first-order chi connectivity index (χ1) is 20.0. The third-order valence-electron chi connectivity index (χ3n) is 7.68. The van der Waals surface area contributed by atoms with E-state index in [-0.39, 0.29) is 29.1 Å². The van der Waals surface area contributed by atoms with E-state index in [1.807, 2.05) is 13.8 Å². The van der Waals surface area contributed by atoms with Crippen LogP contribution in [0.2, 0.25) is 5.02 Å². The summed E-state index contributed by atoms with van der Waals surface area (Å²) in [5.74, 6) is -1.28. The molecular weight excluding hydrogens is 577 g/mol. The molecule has 0 radical (unpaired) electrons. The molecule has 224 valence electrons. The minimum absolute atomic E-state index is 0.00276. The normalized spacial score (nSPS) is 14.4. The fraction of sp³-hybridized carbons (Fsp3) is 0.375. The molecule has 0 bridgehead atoms. The molecule has 0 aliphatic heterocycles. The first kappa shape index (κ1) is 31.5. The third kappa shape index (κ3) is 7.50. The quantitative estimate of drug-likeness (QED) is 0.281. The van der Waals surface area contributed by atoms with Crippen LogP contribution in [-0.4, -0.2) is 43.8 Å². The van der Waals surface area contributed by atoms with Gasteiger partial charge in [0.2, 0.25) is 11.8 Å². The number of benzene rings is 3. The molecule has 0 heterocycles. The highest BCUT2D eigenvalue weighted by atomic mass is 35.5. The standard InChI is InChI=1S/C32H37ClFN3O4S/c1-4-30(32(39)35-26-7-5-6-8-26)36(20-24-12-14-25(34)15-13-24)31(38)21-37(27-16-11-23(3)29(33)19-27)42(40,41)28-17-9-22(2)10-18-28/h9-19,26,30H,4-8,20-21H2,1-3H3,(H,35,39)/t30-/m0/s1. The van der Waals surface area contributed by atoms with E-state index in [1.54, 1.807) is 43.3 Å². The number of aryl methyl sites for hydroxylation is 2. The molecule has 1 aliphatic carbocycles. The number of hydrogen-bond acceptors (Lipinski definition) is 4. The monoisotopic (exact) mass is 613 g/mol. The summed E-state index contributed by atoms with van der Waals surface area (Å²) in [5, 5.41) is 3.43. The molecule has 1 N–H and O–H groups in total. The molecule has 2 amide bonds. The van der Waals surface area contributed by atoms with Crippen LogP contribution in [0.15, 0.2) is 71.6 Å². The van der Waals surface area contributed by atoms with Gasteiger partial charge < -0.3 is 10.2 Å². The molecular formula is C32H37ClFN3O4S. The first-order valence-electron chi connectivity index (χ1n) is 14.2. The molecule has 0 spiro atoms. The van der Waals surface area contributed by atoms with E-state index in [0.29, 0.717) is 17.0 Å². The number of nitrogens with zero attached hydrogens (tertiary/aromatic N) is 2. The molecule has 0 unspecified atom stereocenters. The molecule has 1 aliphatic rings. The molecule has 0 aromatic heterocycles. The second kappa shape index (κ2) is 13.7. The zero-order valence-electron chi connectivity index (χ0n) is 24.1. The molecule has 10 heteroatoms. The van der Waals surface area contributed by atoms with Gasteiger partial charge in [-0.05, 0) is 80.6 Å². The number of nitrogens with one attached hydrogen (secondary N) is 1. The van der Waals surface area contributed by atoms with E-state index >= 15 is 0 Å². The summed E-state index contributed by atoms with van der Waals surface area (Å²) in [5.41, 5.74) is 2.49. The van der Waals surface area contributed by atoms with Crippen molar-refractivity contribution in [3.63, 3.8) is 0 Å². The van der Waals surface area contributed by atoms with E-state index in [1.165, 1.54) is 35.2 Å². The van der Waals surface area contributed by atoms with E-state index in [2.05, 4.69) is 5.32 Å². The fourth-order valence-corrected chi connectivity index (χ4v) is 6.76. The van der Waals surface area contributed by atoms with Gasteiger partial charge in [-0.15, -0.1) is 0 Å². The Labute approximate surface area is 252 Å². The Kier molecular flexibility index (Phi) is 10.3. The van der Waals surface area contributed by atoms with Gasteiger partial charge in [-0.25, -0.2) is 12.8 Å². The number of sulfonamides is 1.